The van der Waals surface area contributed by atoms with E-state index in [1.807, 2.05) is 0 Å². The summed E-state index contributed by atoms with van der Waals surface area (Å²) in [4.78, 5) is 43.1. The Morgan fingerprint density at radius 3 is 2.71 bits per heavy atom. The molecule has 2 aliphatic heterocycles. The summed E-state index contributed by atoms with van der Waals surface area (Å²) in [5, 5.41) is 6.01. The number of thioether (sulfide) groups is 1. The Morgan fingerprint density at radius 2 is 1.96 bits per heavy atom. The van der Waals surface area contributed by atoms with Crippen LogP contribution in [0, 0.1) is 0 Å². The molecule has 0 aromatic heterocycles. The van der Waals surface area contributed by atoms with Gasteiger partial charge in [-0.2, -0.15) is 4.99 Å². The van der Waals surface area contributed by atoms with Crippen LogP contribution in [-0.2, 0) is 9.59 Å². The van der Waals surface area contributed by atoms with Crippen LogP contribution in [0.25, 0.3) is 0 Å². The number of piperidine rings is 1. The summed E-state index contributed by atoms with van der Waals surface area (Å²) in [6.45, 7) is 1.85. The predicted molar refractivity (Wildman–Crippen MR) is 109 cm³/mol. The molecule has 1 aliphatic carbocycles. The van der Waals surface area contributed by atoms with Crippen LogP contribution < -0.4 is 10.6 Å². The number of hydrogen-bond donors (Lipinski definition) is 2. The van der Waals surface area contributed by atoms with Gasteiger partial charge < -0.3 is 15.5 Å². The minimum Gasteiger partial charge on any atom is -0.351 e. The quantitative estimate of drug-likeness (QED) is 0.792. The zero-order chi connectivity index (χ0) is 19.5. The highest BCUT2D eigenvalue weighted by Crippen LogP contribution is 2.29. The van der Waals surface area contributed by atoms with E-state index >= 15 is 0 Å². The molecule has 1 atom stereocenters. The molecule has 1 aromatic carbocycles. The molecule has 1 saturated heterocycles. The molecule has 3 amide bonds. The minimum atomic E-state index is -0.474. The van der Waals surface area contributed by atoms with Gasteiger partial charge in [0.2, 0.25) is 5.91 Å². The van der Waals surface area contributed by atoms with Crippen molar-refractivity contribution in [1.29, 1.82) is 0 Å². The number of nitrogens with one attached hydrogen (secondary N) is 2. The lowest BCUT2D eigenvalue weighted by molar-refractivity contribution is -0.121. The van der Waals surface area contributed by atoms with Gasteiger partial charge in [-0.1, -0.05) is 17.8 Å². The van der Waals surface area contributed by atoms with Gasteiger partial charge >= 0.3 is 0 Å². The largest absolute Gasteiger partial charge is 0.351 e. The molecule has 0 radical (unpaired) electrons. The number of nitrogens with zero attached hydrogens (tertiary/aromatic N) is 2. The summed E-state index contributed by atoms with van der Waals surface area (Å²) in [6, 6.07) is 7.15. The van der Waals surface area contributed by atoms with Gasteiger partial charge in [0.05, 0.1) is 0 Å². The molecule has 28 heavy (non-hydrogen) atoms. The van der Waals surface area contributed by atoms with Crippen LogP contribution in [0.4, 0.5) is 5.69 Å². The number of amides is 3. The van der Waals surface area contributed by atoms with Crippen LogP contribution in [0.15, 0.2) is 29.3 Å². The van der Waals surface area contributed by atoms with E-state index in [0.29, 0.717) is 11.3 Å². The molecule has 2 fully saturated rings. The number of benzene rings is 1. The first-order chi connectivity index (χ1) is 13.6. The molecule has 2 N–H and O–H groups in total. The maximum atomic E-state index is 12.4. The summed E-state index contributed by atoms with van der Waals surface area (Å²) in [5.41, 5.74) is 1.08. The Bertz CT molecular complexity index is 815. The van der Waals surface area contributed by atoms with E-state index < -0.39 is 5.25 Å². The lowest BCUT2D eigenvalue weighted by atomic mass is 10.1. The average Bonchev–Trinajstić information content (AvgIpc) is 3.44. The first kappa shape index (κ1) is 19.0. The molecule has 0 spiro atoms. The maximum Gasteiger partial charge on any atom is 0.262 e. The molecular formula is C20H24N4O3S. The van der Waals surface area contributed by atoms with Crippen LogP contribution in [0.5, 0.6) is 0 Å². The van der Waals surface area contributed by atoms with E-state index in [2.05, 4.69) is 20.5 Å². The highest BCUT2D eigenvalue weighted by Gasteiger charge is 2.33. The van der Waals surface area contributed by atoms with Crippen molar-refractivity contribution in [2.45, 2.75) is 49.8 Å². The second-order valence-electron chi connectivity index (χ2n) is 7.47. The van der Waals surface area contributed by atoms with Gasteiger partial charge in [0.25, 0.3) is 11.8 Å². The highest BCUT2D eigenvalue weighted by atomic mass is 32.2. The van der Waals surface area contributed by atoms with Gasteiger partial charge in [-0.05, 0) is 50.3 Å². The third-order valence-electron chi connectivity index (χ3n) is 5.05. The van der Waals surface area contributed by atoms with Crippen molar-refractivity contribution in [1.82, 2.24) is 10.2 Å². The van der Waals surface area contributed by atoms with Crippen molar-refractivity contribution < 1.29 is 14.4 Å². The zero-order valence-electron chi connectivity index (χ0n) is 15.6. The number of likely N-dealkylation sites (tertiary alicyclic amines) is 1. The lowest BCUT2D eigenvalue weighted by Crippen LogP contribution is -2.33. The Hall–Kier alpha value is -2.35. The Balaban J connectivity index is 1.31. The minimum absolute atomic E-state index is 0.0723. The Morgan fingerprint density at radius 1 is 1.18 bits per heavy atom. The van der Waals surface area contributed by atoms with E-state index in [1.54, 1.807) is 24.3 Å². The second-order valence-corrected chi connectivity index (χ2v) is 8.64. The third kappa shape index (κ3) is 4.73. The van der Waals surface area contributed by atoms with Gasteiger partial charge in [-0.15, -0.1) is 0 Å². The van der Waals surface area contributed by atoms with Crippen LogP contribution >= 0.6 is 11.8 Å². The first-order valence-corrected chi connectivity index (χ1v) is 10.7. The lowest BCUT2D eigenvalue weighted by Gasteiger charge is -2.27. The molecule has 8 heteroatoms. The summed E-state index contributed by atoms with van der Waals surface area (Å²) in [7, 11) is 0. The Labute approximate surface area is 168 Å². The molecule has 3 aliphatic rings. The molecule has 1 saturated carbocycles. The van der Waals surface area contributed by atoms with Crippen LogP contribution in [0.3, 0.4) is 0 Å². The fraction of sp³-hybridized carbons (Fsp3) is 0.500. The van der Waals surface area contributed by atoms with Gasteiger partial charge in [-0.3, -0.25) is 14.4 Å². The van der Waals surface area contributed by atoms with Gasteiger partial charge in [0.15, 0.2) is 5.17 Å². The Kier molecular flexibility index (Phi) is 5.66. The van der Waals surface area contributed by atoms with Crippen molar-refractivity contribution in [3.63, 3.8) is 0 Å². The van der Waals surface area contributed by atoms with Crippen molar-refractivity contribution in [2.75, 3.05) is 18.4 Å². The number of aliphatic imine (C=N–C) groups is 1. The van der Waals surface area contributed by atoms with Crippen LogP contribution in [0.1, 0.15) is 48.9 Å². The summed E-state index contributed by atoms with van der Waals surface area (Å²) in [6.07, 6.45) is 5.56. The molecule has 0 unspecified atom stereocenters. The average molecular weight is 401 g/mol. The van der Waals surface area contributed by atoms with E-state index in [4.69, 9.17) is 0 Å². The number of hydrogen-bond acceptors (Lipinski definition) is 5. The van der Waals surface area contributed by atoms with Crippen molar-refractivity contribution in [3.05, 3.63) is 29.8 Å². The number of carbonyl (C=O) groups is 3. The first-order valence-electron chi connectivity index (χ1n) is 9.83. The normalized spacial score (nSPS) is 22.0. The number of rotatable bonds is 5. The van der Waals surface area contributed by atoms with Crippen LogP contribution in [0.2, 0.25) is 0 Å². The van der Waals surface area contributed by atoms with Crippen molar-refractivity contribution in [3.8, 4) is 0 Å². The molecule has 0 bridgehead atoms. The van der Waals surface area contributed by atoms with Gasteiger partial charge in [-0.25, -0.2) is 0 Å². The monoisotopic (exact) mass is 400 g/mol. The molecule has 7 nitrogen and oxygen atoms in total. The number of amidine groups is 1. The molecule has 1 aromatic rings. The topological polar surface area (TPSA) is 90.9 Å². The predicted octanol–water partition coefficient (Wildman–Crippen LogP) is 2.39. The summed E-state index contributed by atoms with van der Waals surface area (Å²) < 4.78 is 0. The van der Waals surface area contributed by atoms with E-state index in [9.17, 15) is 14.4 Å². The summed E-state index contributed by atoms with van der Waals surface area (Å²) in [5.74, 6) is -0.612. The van der Waals surface area contributed by atoms with Crippen molar-refractivity contribution >= 4 is 40.3 Å². The SMILES string of the molecule is O=C(C[C@@H]1SC(N2CCCCC2)=NC1=O)Nc1cccc(C(=O)NC2CC2)c1. The van der Waals surface area contributed by atoms with E-state index in [1.165, 1.54) is 18.2 Å². The molecule has 4 rings (SSSR count). The van der Waals surface area contributed by atoms with E-state index in [0.717, 1.165) is 43.9 Å². The number of anilines is 1. The third-order valence-corrected chi connectivity index (χ3v) is 6.26. The molecule has 2 heterocycles. The standard InChI is InChI=1S/C20H24N4O3S/c25-17(12-16-19(27)23-20(28-16)24-9-2-1-3-10-24)21-15-6-4-5-13(11-15)18(26)22-14-7-8-14/h4-6,11,14,16H,1-3,7-10,12H2,(H,21,25)(H,22,26)/t16-/m0/s1. The molecular weight excluding hydrogens is 376 g/mol. The second kappa shape index (κ2) is 8.34. The smallest absolute Gasteiger partial charge is 0.262 e. The van der Waals surface area contributed by atoms with E-state index in [-0.39, 0.29) is 30.2 Å². The fourth-order valence-corrected chi connectivity index (χ4v) is 4.46. The summed E-state index contributed by atoms with van der Waals surface area (Å²) >= 11 is 1.39. The number of carbonyl (C=O) groups excluding carboxylic acids is 3. The molecule has 148 valence electrons. The van der Waals surface area contributed by atoms with Crippen molar-refractivity contribution in [2.24, 2.45) is 4.99 Å². The van der Waals surface area contributed by atoms with Gasteiger partial charge in [0, 0.05) is 36.8 Å². The fourth-order valence-electron chi connectivity index (χ4n) is 3.34. The zero-order valence-corrected chi connectivity index (χ0v) is 16.5. The maximum absolute atomic E-state index is 12.4. The van der Waals surface area contributed by atoms with Crippen LogP contribution in [-0.4, -0.2) is 52.2 Å². The van der Waals surface area contributed by atoms with Gasteiger partial charge in [0.1, 0.15) is 5.25 Å². The highest BCUT2D eigenvalue weighted by molar-refractivity contribution is 8.15.